The summed E-state index contributed by atoms with van der Waals surface area (Å²) in [5.41, 5.74) is 1.69. The number of anilines is 1. The number of hydrogen-bond acceptors (Lipinski definition) is 4. The number of hydrogen-bond donors (Lipinski definition) is 1. The van der Waals surface area contributed by atoms with Gasteiger partial charge in [0.05, 0.1) is 15.2 Å². The predicted octanol–water partition coefficient (Wildman–Crippen LogP) is 5.29. The molecule has 0 saturated heterocycles. The summed E-state index contributed by atoms with van der Waals surface area (Å²) in [6.45, 7) is 4.15. The Morgan fingerprint density at radius 3 is 2.64 bits per heavy atom. The van der Waals surface area contributed by atoms with E-state index in [1.165, 1.54) is 29.6 Å². The van der Waals surface area contributed by atoms with Crippen molar-refractivity contribution in [3.05, 3.63) is 57.2 Å². The molecule has 142 valence electrons. The second-order valence-electron chi connectivity index (χ2n) is 6.15. The molecule has 0 unspecified atom stereocenters. The van der Waals surface area contributed by atoms with Gasteiger partial charge in [0.25, 0.3) is 5.91 Å². The Bertz CT molecular complexity index is 1300. The molecule has 4 rings (SSSR count). The van der Waals surface area contributed by atoms with E-state index in [1.54, 1.807) is 0 Å². The normalized spacial score (nSPS) is 12.0. The van der Waals surface area contributed by atoms with Gasteiger partial charge in [0, 0.05) is 29.2 Å². The molecule has 0 aliphatic heterocycles. The molecule has 1 N–H and O–H groups in total. The summed E-state index contributed by atoms with van der Waals surface area (Å²) in [7, 11) is 0. The molecule has 0 spiro atoms. The zero-order valence-electron chi connectivity index (χ0n) is 15.2. The molecular weight excluding hydrogens is 414 g/mol. The van der Waals surface area contributed by atoms with Gasteiger partial charge in [-0.25, -0.2) is 0 Å². The minimum absolute atomic E-state index is 0.126. The first-order valence-electron chi connectivity index (χ1n) is 8.65. The number of thiophene rings is 1. The van der Waals surface area contributed by atoms with Crippen LogP contribution in [0, 0.1) is 0 Å². The summed E-state index contributed by atoms with van der Waals surface area (Å²) in [6, 6.07) is 13.3. The first kappa shape index (κ1) is 18.9. The van der Waals surface area contributed by atoms with Crippen LogP contribution >= 0.6 is 34.3 Å². The van der Waals surface area contributed by atoms with Crippen molar-refractivity contribution in [1.29, 1.82) is 0 Å². The lowest BCUT2D eigenvalue weighted by molar-refractivity contribution is -0.114. The number of carbonyl (C=O) groups excluding carboxylic acids is 2. The molecule has 2 aromatic heterocycles. The molecule has 4 aromatic rings. The van der Waals surface area contributed by atoms with E-state index >= 15 is 0 Å². The highest BCUT2D eigenvalue weighted by atomic mass is 35.5. The molecule has 2 amide bonds. The van der Waals surface area contributed by atoms with Gasteiger partial charge in [-0.3, -0.25) is 9.59 Å². The van der Waals surface area contributed by atoms with Gasteiger partial charge >= 0.3 is 0 Å². The number of fused-ring (bicyclic) bond motifs is 2. The number of aromatic nitrogens is 1. The fourth-order valence-electron chi connectivity index (χ4n) is 3.03. The van der Waals surface area contributed by atoms with E-state index in [-0.39, 0.29) is 11.8 Å². The first-order chi connectivity index (χ1) is 13.5. The quantitative estimate of drug-likeness (QED) is 0.481. The Labute approximate surface area is 173 Å². The van der Waals surface area contributed by atoms with Crippen molar-refractivity contribution in [3.63, 3.8) is 0 Å². The standard InChI is InChI=1S/C20H16ClN3O2S2/c1-3-24-14-9-8-12(22-11(2)25)10-16(14)28-20(24)23-19(26)18-17(21)13-6-4-5-7-15(13)27-18/h4-10H,3H2,1-2H3,(H,22,25). The summed E-state index contributed by atoms with van der Waals surface area (Å²) in [6.07, 6.45) is 0. The van der Waals surface area contributed by atoms with Gasteiger partial charge in [0.15, 0.2) is 4.80 Å². The SMILES string of the molecule is CCn1c(=NC(=O)c2sc3ccccc3c2Cl)sc2cc(NC(C)=O)ccc21. The largest absolute Gasteiger partial charge is 0.326 e. The van der Waals surface area contributed by atoms with Crippen molar-refractivity contribution in [3.8, 4) is 0 Å². The maximum absolute atomic E-state index is 12.9. The highest BCUT2D eigenvalue weighted by Crippen LogP contribution is 2.35. The van der Waals surface area contributed by atoms with Crippen LogP contribution in [0.3, 0.4) is 0 Å². The van der Waals surface area contributed by atoms with Crippen LogP contribution in [0.5, 0.6) is 0 Å². The van der Waals surface area contributed by atoms with E-state index in [0.29, 0.717) is 21.2 Å². The van der Waals surface area contributed by atoms with Gasteiger partial charge in [-0.2, -0.15) is 4.99 Å². The second-order valence-corrected chi connectivity index (χ2v) is 8.59. The third kappa shape index (κ3) is 3.37. The maximum Gasteiger partial charge on any atom is 0.291 e. The summed E-state index contributed by atoms with van der Waals surface area (Å²) >= 11 is 9.19. The average Bonchev–Trinajstić information content (AvgIpc) is 3.18. The van der Waals surface area contributed by atoms with E-state index in [9.17, 15) is 9.59 Å². The lowest BCUT2D eigenvalue weighted by Crippen LogP contribution is -2.15. The fraction of sp³-hybridized carbons (Fsp3) is 0.150. The number of carbonyl (C=O) groups is 2. The number of thiazole rings is 1. The molecule has 2 heterocycles. The minimum atomic E-state index is -0.345. The molecule has 0 aliphatic rings. The van der Waals surface area contributed by atoms with Crippen LogP contribution in [0.25, 0.3) is 20.3 Å². The maximum atomic E-state index is 12.9. The van der Waals surface area contributed by atoms with Crippen LogP contribution in [0.15, 0.2) is 47.5 Å². The van der Waals surface area contributed by atoms with Gasteiger partial charge in [-0.15, -0.1) is 11.3 Å². The van der Waals surface area contributed by atoms with Crippen LogP contribution in [0.1, 0.15) is 23.5 Å². The Balaban J connectivity index is 1.82. The Hall–Kier alpha value is -2.48. The highest BCUT2D eigenvalue weighted by Gasteiger charge is 2.17. The number of aryl methyl sites for hydroxylation is 1. The van der Waals surface area contributed by atoms with E-state index in [2.05, 4.69) is 10.3 Å². The number of nitrogens with zero attached hydrogens (tertiary/aromatic N) is 2. The minimum Gasteiger partial charge on any atom is -0.326 e. The Kier molecular flexibility index (Phi) is 5.05. The number of amides is 2. The van der Waals surface area contributed by atoms with Crippen molar-refractivity contribution in [1.82, 2.24) is 4.57 Å². The Morgan fingerprint density at radius 2 is 1.93 bits per heavy atom. The Morgan fingerprint density at radius 1 is 1.14 bits per heavy atom. The third-order valence-corrected chi connectivity index (χ3v) is 6.95. The lowest BCUT2D eigenvalue weighted by Gasteiger charge is -2.03. The van der Waals surface area contributed by atoms with Crippen LogP contribution in [0.4, 0.5) is 5.69 Å². The summed E-state index contributed by atoms with van der Waals surface area (Å²) in [5.74, 6) is -0.471. The molecule has 0 aliphatic carbocycles. The third-order valence-electron chi connectivity index (χ3n) is 4.25. The highest BCUT2D eigenvalue weighted by molar-refractivity contribution is 7.21. The van der Waals surface area contributed by atoms with E-state index in [0.717, 1.165) is 26.0 Å². The van der Waals surface area contributed by atoms with Crippen molar-refractivity contribution >= 4 is 72.1 Å². The zero-order chi connectivity index (χ0) is 19.8. The monoisotopic (exact) mass is 429 g/mol. The molecule has 0 atom stereocenters. The van der Waals surface area contributed by atoms with Crippen molar-refractivity contribution in [2.24, 2.45) is 4.99 Å². The van der Waals surface area contributed by atoms with Gasteiger partial charge in [-0.05, 0) is 31.2 Å². The first-order valence-corrected chi connectivity index (χ1v) is 10.7. The van der Waals surface area contributed by atoms with Gasteiger partial charge in [-0.1, -0.05) is 41.1 Å². The molecular formula is C20H16ClN3O2S2. The van der Waals surface area contributed by atoms with Crippen molar-refractivity contribution in [2.75, 3.05) is 5.32 Å². The van der Waals surface area contributed by atoms with Crippen molar-refractivity contribution < 1.29 is 9.59 Å². The number of nitrogens with one attached hydrogen (secondary N) is 1. The average molecular weight is 430 g/mol. The van der Waals surface area contributed by atoms with Crippen LogP contribution in [-0.2, 0) is 11.3 Å². The van der Waals surface area contributed by atoms with E-state index in [4.69, 9.17) is 11.6 Å². The number of rotatable bonds is 3. The van der Waals surface area contributed by atoms with Crippen molar-refractivity contribution in [2.45, 2.75) is 20.4 Å². The summed E-state index contributed by atoms with van der Waals surface area (Å²) < 4.78 is 3.89. The molecule has 28 heavy (non-hydrogen) atoms. The van der Waals surface area contributed by atoms with Crippen LogP contribution in [0.2, 0.25) is 5.02 Å². The molecule has 0 saturated carbocycles. The topological polar surface area (TPSA) is 63.5 Å². The van der Waals surface area contributed by atoms with Gasteiger partial charge in [0.1, 0.15) is 4.88 Å². The molecule has 8 heteroatoms. The second kappa shape index (κ2) is 7.50. The predicted molar refractivity (Wildman–Crippen MR) is 117 cm³/mol. The van der Waals surface area contributed by atoms with E-state index in [1.807, 2.05) is 54.0 Å². The smallest absolute Gasteiger partial charge is 0.291 e. The van der Waals surface area contributed by atoms with Crippen LogP contribution < -0.4 is 10.1 Å². The molecule has 0 radical (unpaired) electrons. The number of halogens is 1. The van der Waals surface area contributed by atoms with E-state index < -0.39 is 0 Å². The lowest BCUT2D eigenvalue weighted by atomic mass is 10.2. The molecule has 0 fully saturated rings. The molecule has 5 nitrogen and oxygen atoms in total. The van der Waals surface area contributed by atoms with Gasteiger partial charge < -0.3 is 9.88 Å². The van der Waals surface area contributed by atoms with Gasteiger partial charge in [0.2, 0.25) is 5.91 Å². The fourth-order valence-corrected chi connectivity index (χ4v) is 5.56. The summed E-state index contributed by atoms with van der Waals surface area (Å²) in [4.78, 5) is 29.6. The molecule has 2 aromatic carbocycles. The van der Waals surface area contributed by atoms with Crippen LogP contribution in [-0.4, -0.2) is 16.4 Å². The zero-order valence-corrected chi connectivity index (χ0v) is 17.5. The molecule has 0 bridgehead atoms. The summed E-state index contributed by atoms with van der Waals surface area (Å²) in [5, 5.41) is 4.10. The number of benzene rings is 2.